The fourth-order valence-electron chi connectivity index (χ4n) is 2.73. The minimum absolute atomic E-state index is 0.00446. The molecule has 1 fully saturated rings. The molecule has 1 aromatic carbocycles. The monoisotopic (exact) mass is 560 g/mol. The molecule has 2 amide bonds. The summed E-state index contributed by atoms with van der Waals surface area (Å²) in [5.74, 6) is -0.294. The largest absolute Gasteiger partial charge is 0.416 e. The van der Waals surface area contributed by atoms with E-state index in [0.29, 0.717) is 18.7 Å². The molecular formula is C17H18ClF3IN4O2P. The Hall–Kier alpha value is -1.39. The zero-order valence-corrected chi connectivity index (χ0v) is 19.2. The van der Waals surface area contributed by atoms with Crippen LogP contribution >= 0.6 is 40.0 Å². The van der Waals surface area contributed by atoms with Gasteiger partial charge in [0.05, 0.1) is 29.7 Å². The predicted molar refractivity (Wildman–Crippen MR) is 116 cm³/mol. The van der Waals surface area contributed by atoms with Crippen molar-refractivity contribution in [3.63, 3.8) is 0 Å². The number of benzene rings is 1. The molecule has 1 aliphatic heterocycles. The van der Waals surface area contributed by atoms with Gasteiger partial charge in [-0.1, -0.05) is 29.8 Å². The number of carbonyl (C=O) groups excluding carboxylic acids is 2. The highest BCUT2D eigenvalue weighted by Gasteiger charge is 2.34. The Kier molecular flexibility index (Phi) is 8.72. The molecule has 29 heavy (non-hydrogen) atoms. The second-order valence-electron chi connectivity index (χ2n) is 6.10. The molecule has 6 nitrogen and oxygen atoms in total. The number of hydrogen-bond donors (Lipinski definition) is 0. The lowest BCUT2D eigenvalue weighted by Crippen LogP contribution is -2.49. The molecule has 12 heteroatoms. The second-order valence-corrected chi connectivity index (χ2v) is 8.59. The van der Waals surface area contributed by atoms with Crippen molar-refractivity contribution < 1.29 is 22.8 Å². The topological polar surface area (TPSA) is 56.2 Å². The molecule has 0 aliphatic carbocycles. The number of rotatable bonds is 7. The Morgan fingerprint density at radius 2 is 2.07 bits per heavy atom. The summed E-state index contributed by atoms with van der Waals surface area (Å²) in [7, 11) is 0. The molecule has 1 heterocycles. The molecule has 0 saturated carbocycles. The lowest BCUT2D eigenvalue weighted by atomic mass is 10.1. The first kappa shape index (κ1) is 23.9. The summed E-state index contributed by atoms with van der Waals surface area (Å²) in [6, 6.07) is 5.25. The third-order valence-electron chi connectivity index (χ3n) is 4.30. The highest BCUT2D eigenvalue weighted by molar-refractivity contribution is 14.2. The number of nitrogens with zero attached hydrogens (tertiary/aromatic N) is 4. The van der Waals surface area contributed by atoms with E-state index in [1.54, 1.807) is 11.8 Å². The van der Waals surface area contributed by atoms with Gasteiger partial charge in [0.1, 0.15) is 0 Å². The van der Waals surface area contributed by atoms with Crippen molar-refractivity contribution in [3.05, 3.63) is 46.1 Å². The summed E-state index contributed by atoms with van der Waals surface area (Å²) in [5.41, 5.74) is -0.0733. The molecule has 0 aromatic heterocycles. The van der Waals surface area contributed by atoms with Crippen molar-refractivity contribution in [2.24, 2.45) is 5.10 Å². The van der Waals surface area contributed by atoms with E-state index in [4.69, 9.17) is 11.6 Å². The number of amides is 2. The molecule has 1 saturated heterocycles. The van der Waals surface area contributed by atoms with Crippen LogP contribution in [0, 0.1) is 0 Å². The van der Waals surface area contributed by atoms with Crippen LogP contribution in [0.4, 0.5) is 13.2 Å². The zero-order valence-electron chi connectivity index (χ0n) is 15.3. The fraction of sp³-hybridized carbons (Fsp3) is 0.353. The highest BCUT2D eigenvalue weighted by atomic mass is 127. The maximum Gasteiger partial charge on any atom is 0.416 e. The van der Waals surface area contributed by atoms with E-state index in [1.807, 2.05) is 22.0 Å². The Bertz CT molecular complexity index is 822. The number of halogens is 5. The van der Waals surface area contributed by atoms with Gasteiger partial charge in [-0.25, -0.2) is 4.78 Å². The van der Waals surface area contributed by atoms with E-state index >= 15 is 0 Å². The predicted octanol–water partition coefficient (Wildman–Crippen LogP) is 4.21. The maximum absolute atomic E-state index is 13.2. The fourth-order valence-corrected chi connectivity index (χ4v) is 3.75. The quantitative estimate of drug-likeness (QED) is 0.165. The smallest absolute Gasteiger partial charge is 0.363 e. The number of piperazine rings is 1. The van der Waals surface area contributed by atoms with Crippen LogP contribution in [0.3, 0.4) is 0 Å². The van der Waals surface area contributed by atoms with Crippen LogP contribution in [-0.4, -0.2) is 52.7 Å². The van der Waals surface area contributed by atoms with Crippen LogP contribution in [0.2, 0.25) is 0 Å². The van der Waals surface area contributed by atoms with Gasteiger partial charge in [0.2, 0.25) is 12.3 Å². The van der Waals surface area contributed by atoms with Gasteiger partial charge in [0, 0.05) is 25.3 Å². The first-order valence-electron chi connectivity index (χ1n) is 8.36. The number of allylic oxidation sites excluding steroid dienone is 2. The molecule has 0 radical (unpaired) electrons. The molecule has 0 spiro atoms. The van der Waals surface area contributed by atoms with E-state index in [-0.39, 0.29) is 42.5 Å². The molecular weight excluding hydrogens is 543 g/mol. The summed E-state index contributed by atoms with van der Waals surface area (Å²) in [4.78, 5) is 26.4. The van der Waals surface area contributed by atoms with Gasteiger partial charge >= 0.3 is 6.18 Å². The van der Waals surface area contributed by atoms with Crippen LogP contribution in [0.1, 0.15) is 18.1 Å². The number of hydrazone groups is 1. The first-order chi connectivity index (χ1) is 13.7. The van der Waals surface area contributed by atoms with Crippen LogP contribution in [0.25, 0.3) is 0 Å². The van der Waals surface area contributed by atoms with Crippen molar-refractivity contribution in [3.8, 4) is 0 Å². The van der Waals surface area contributed by atoms with Crippen LogP contribution in [0.5, 0.6) is 0 Å². The lowest BCUT2D eigenvalue weighted by molar-refractivity contribution is -0.141. The lowest BCUT2D eigenvalue weighted by Gasteiger charge is -2.36. The van der Waals surface area contributed by atoms with E-state index in [9.17, 15) is 22.8 Å². The summed E-state index contributed by atoms with van der Waals surface area (Å²) in [6.07, 6.45) is -2.45. The first-order valence-corrected chi connectivity index (χ1v) is 12.8. The third-order valence-corrected chi connectivity index (χ3v) is 6.55. The molecule has 0 N–H and O–H groups in total. The average molecular weight is 561 g/mol. The van der Waals surface area contributed by atoms with Gasteiger partial charge < -0.3 is 9.80 Å². The van der Waals surface area contributed by atoms with Crippen molar-refractivity contribution in [1.82, 2.24) is 14.6 Å². The Morgan fingerprint density at radius 1 is 1.38 bits per heavy atom. The van der Waals surface area contributed by atoms with Gasteiger partial charge in [-0.05, 0) is 40.6 Å². The molecule has 158 valence electrons. The molecule has 1 atom stereocenters. The van der Waals surface area contributed by atoms with E-state index < -0.39 is 11.7 Å². The Balaban J connectivity index is 2.07. The van der Waals surface area contributed by atoms with E-state index in [2.05, 4.69) is 5.10 Å². The van der Waals surface area contributed by atoms with Crippen LogP contribution in [-0.2, 0) is 22.3 Å². The SMILES string of the molecule is C/C(=C(Cl)\C=N/N(C=O)PI)N1CCN(Cc2ccccc2C(F)(F)F)C(=O)C1. The minimum atomic E-state index is -4.47. The van der Waals surface area contributed by atoms with Crippen molar-refractivity contribution in [1.29, 1.82) is 0 Å². The molecule has 1 unspecified atom stereocenters. The zero-order chi connectivity index (χ0) is 21.6. The summed E-state index contributed by atoms with van der Waals surface area (Å²) in [6.45, 7) is 2.29. The standard InChI is InChI=1S/C17H18ClF3IN4O2P/c1-12(15(18)8-23-26(11-27)29-22)24-6-7-25(16(28)10-24)9-13-4-2-3-5-14(13)17(19,20)21/h2-5,8,11,29H,6-7,9-10H2,1H3/b15-12-,23-8-. The Morgan fingerprint density at radius 3 is 2.66 bits per heavy atom. The molecule has 2 rings (SSSR count). The number of carbonyl (C=O) groups is 2. The van der Waals surface area contributed by atoms with Crippen molar-refractivity contribution >= 4 is 58.5 Å². The highest BCUT2D eigenvalue weighted by Crippen LogP contribution is 2.32. The van der Waals surface area contributed by atoms with Crippen molar-refractivity contribution in [2.75, 3.05) is 19.6 Å². The Labute approximate surface area is 186 Å². The van der Waals surface area contributed by atoms with Gasteiger partial charge in [-0.2, -0.15) is 18.3 Å². The molecule has 1 aromatic rings. The van der Waals surface area contributed by atoms with E-state index in [1.165, 1.54) is 34.1 Å². The summed E-state index contributed by atoms with van der Waals surface area (Å²) in [5, 5.41) is 4.20. The van der Waals surface area contributed by atoms with Gasteiger partial charge in [-0.3, -0.25) is 9.59 Å². The average Bonchev–Trinajstić information content (AvgIpc) is 2.69. The normalized spacial score (nSPS) is 16.7. The van der Waals surface area contributed by atoms with Gasteiger partial charge in [-0.15, -0.1) is 0 Å². The van der Waals surface area contributed by atoms with E-state index in [0.717, 1.165) is 6.07 Å². The number of alkyl halides is 3. The van der Waals surface area contributed by atoms with Gasteiger partial charge in [0.15, 0.2) is 0 Å². The third kappa shape index (κ3) is 6.55. The summed E-state index contributed by atoms with van der Waals surface area (Å²) < 4.78 is 40.7. The molecule has 0 bridgehead atoms. The summed E-state index contributed by atoms with van der Waals surface area (Å²) >= 11 is 8.20. The van der Waals surface area contributed by atoms with Crippen molar-refractivity contribution in [2.45, 2.75) is 19.6 Å². The second kappa shape index (κ2) is 10.6. The van der Waals surface area contributed by atoms with Crippen LogP contribution < -0.4 is 0 Å². The molecule has 1 aliphatic rings. The van der Waals surface area contributed by atoms with Crippen LogP contribution in [0.15, 0.2) is 40.1 Å². The minimum Gasteiger partial charge on any atom is -0.363 e. The van der Waals surface area contributed by atoms with Gasteiger partial charge in [0.25, 0.3) is 0 Å². The number of hydrogen-bond acceptors (Lipinski definition) is 4. The maximum atomic E-state index is 13.2.